The van der Waals surface area contributed by atoms with Gasteiger partial charge in [-0.25, -0.2) is 0 Å². The number of amides is 1. The lowest BCUT2D eigenvalue weighted by atomic mass is 9.91. The number of carbonyl (C=O) groups excluding carboxylic acids is 1. The minimum atomic E-state index is -1.40. The number of ether oxygens (including phenoxy) is 1. The first kappa shape index (κ1) is 25.8. The standard InChI is InChI=1S/C33H24Cl2N2O3/c1-20(38)36-32-31(30-27(34)10-6-11-28(30)35)37-33(40-32,26-9-4-5-12-29(26)39)25-17-15-22(16-18-25)24-14-13-21-7-2-3-8-23(21)19-24/h2-19,37,39H,1H3,(H,36,38). The quantitative estimate of drug-likeness (QED) is 0.203. The maximum Gasteiger partial charge on any atom is 0.239 e. The van der Waals surface area contributed by atoms with Gasteiger partial charge in [-0.2, -0.15) is 0 Å². The number of aromatic hydroxyl groups is 1. The van der Waals surface area contributed by atoms with Gasteiger partial charge in [0.15, 0.2) is 0 Å². The first-order valence-corrected chi connectivity index (χ1v) is 13.4. The van der Waals surface area contributed by atoms with Gasteiger partial charge in [0.25, 0.3) is 0 Å². The van der Waals surface area contributed by atoms with Crippen molar-refractivity contribution >= 4 is 45.6 Å². The molecule has 0 fully saturated rings. The zero-order valence-electron chi connectivity index (χ0n) is 21.4. The van der Waals surface area contributed by atoms with Crippen molar-refractivity contribution in [2.45, 2.75) is 12.6 Å². The molecule has 1 unspecified atom stereocenters. The highest BCUT2D eigenvalue weighted by Gasteiger charge is 2.47. The fourth-order valence-electron chi connectivity index (χ4n) is 5.07. The Hall–Kier alpha value is -4.45. The summed E-state index contributed by atoms with van der Waals surface area (Å²) in [5.41, 5.74) is 2.71. The lowest BCUT2D eigenvalue weighted by Crippen LogP contribution is -2.40. The molecule has 1 amide bonds. The largest absolute Gasteiger partial charge is 0.507 e. The van der Waals surface area contributed by atoms with Crippen molar-refractivity contribution in [2.24, 2.45) is 0 Å². The van der Waals surface area contributed by atoms with Crippen molar-refractivity contribution in [3.63, 3.8) is 0 Å². The minimum Gasteiger partial charge on any atom is -0.507 e. The summed E-state index contributed by atoms with van der Waals surface area (Å²) in [7, 11) is 0. The second-order valence-corrected chi connectivity index (χ2v) is 10.4. The zero-order chi connectivity index (χ0) is 27.9. The van der Waals surface area contributed by atoms with Crippen molar-refractivity contribution in [3.05, 3.63) is 142 Å². The predicted octanol–water partition coefficient (Wildman–Crippen LogP) is 7.80. The molecule has 0 bridgehead atoms. The van der Waals surface area contributed by atoms with Crippen LogP contribution >= 0.6 is 23.2 Å². The van der Waals surface area contributed by atoms with Crippen LogP contribution in [-0.2, 0) is 15.3 Å². The van der Waals surface area contributed by atoms with Crippen molar-refractivity contribution in [1.29, 1.82) is 0 Å². The Morgan fingerprint density at radius 1 is 0.800 bits per heavy atom. The molecule has 1 aliphatic rings. The third kappa shape index (κ3) is 4.53. The van der Waals surface area contributed by atoms with Gasteiger partial charge in [0.1, 0.15) is 11.4 Å². The zero-order valence-corrected chi connectivity index (χ0v) is 22.9. The second-order valence-electron chi connectivity index (χ2n) is 9.55. The molecule has 0 spiro atoms. The van der Waals surface area contributed by atoms with E-state index in [9.17, 15) is 9.90 Å². The smallest absolute Gasteiger partial charge is 0.239 e. The van der Waals surface area contributed by atoms with E-state index in [0.717, 1.165) is 16.5 Å². The topological polar surface area (TPSA) is 70.6 Å². The summed E-state index contributed by atoms with van der Waals surface area (Å²) in [6, 6.07) is 34.5. The van der Waals surface area contributed by atoms with Crippen LogP contribution in [0, 0.1) is 0 Å². The molecule has 0 radical (unpaired) electrons. The summed E-state index contributed by atoms with van der Waals surface area (Å²) in [6.07, 6.45) is 0. The molecule has 0 saturated carbocycles. The number of phenols is 1. The number of benzene rings is 5. The summed E-state index contributed by atoms with van der Waals surface area (Å²) in [5, 5.41) is 20.3. The average Bonchev–Trinajstić information content (AvgIpc) is 3.32. The lowest BCUT2D eigenvalue weighted by molar-refractivity contribution is -0.119. The van der Waals surface area contributed by atoms with E-state index in [2.05, 4.69) is 41.0 Å². The maximum absolute atomic E-state index is 12.2. The number of rotatable bonds is 5. The molecule has 6 rings (SSSR count). The van der Waals surface area contributed by atoms with Gasteiger partial charge in [-0.3, -0.25) is 10.1 Å². The van der Waals surface area contributed by atoms with E-state index in [1.54, 1.807) is 36.4 Å². The van der Waals surface area contributed by atoms with Gasteiger partial charge in [0.2, 0.25) is 17.5 Å². The van der Waals surface area contributed by atoms with E-state index in [1.165, 1.54) is 12.3 Å². The summed E-state index contributed by atoms with van der Waals surface area (Å²) < 4.78 is 6.55. The van der Waals surface area contributed by atoms with Crippen LogP contribution in [0.3, 0.4) is 0 Å². The highest BCUT2D eigenvalue weighted by atomic mass is 35.5. The third-order valence-electron chi connectivity index (χ3n) is 6.94. The summed E-state index contributed by atoms with van der Waals surface area (Å²) in [5.74, 6) is -0.177. The summed E-state index contributed by atoms with van der Waals surface area (Å²) in [6.45, 7) is 1.39. The van der Waals surface area contributed by atoms with Crippen LogP contribution in [0.2, 0.25) is 10.0 Å². The minimum absolute atomic E-state index is 0.0160. The highest BCUT2D eigenvalue weighted by Crippen LogP contribution is 2.46. The molecule has 1 heterocycles. The molecule has 7 heteroatoms. The number of fused-ring (bicyclic) bond motifs is 1. The first-order chi connectivity index (χ1) is 19.4. The molecular weight excluding hydrogens is 543 g/mol. The van der Waals surface area contributed by atoms with Crippen LogP contribution in [0.15, 0.2) is 115 Å². The van der Waals surface area contributed by atoms with Gasteiger partial charge in [0, 0.05) is 18.1 Å². The normalized spacial score (nSPS) is 16.5. The fourth-order valence-corrected chi connectivity index (χ4v) is 5.66. The Morgan fingerprint density at radius 2 is 1.45 bits per heavy atom. The number of hydrogen-bond acceptors (Lipinski definition) is 4. The Morgan fingerprint density at radius 3 is 2.15 bits per heavy atom. The Kier molecular flexibility index (Phi) is 6.62. The van der Waals surface area contributed by atoms with Crippen LogP contribution in [0.5, 0.6) is 5.75 Å². The Bertz CT molecular complexity index is 1780. The van der Waals surface area contributed by atoms with E-state index in [4.69, 9.17) is 27.9 Å². The van der Waals surface area contributed by atoms with E-state index < -0.39 is 5.72 Å². The first-order valence-electron chi connectivity index (χ1n) is 12.7. The van der Waals surface area contributed by atoms with Crippen LogP contribution < -0.4 is 10.6 Å². The molecule has 0 aliphatic carbocycles. The van der Waals surface area contributed by atoms with Gasteiger partial charge in [-0.15, -0.1) is 0 Å². The molecule has 5 aromatic carbocycles. The number of nitrogens with one attached hydrogen (secondary N) is 2. The van der Waals surface area contributed by atoms with Crippen molar-refractivity contribution in [1.82, 2.24) is 10.6 Å². The molecule has 1 aliphatic heterocycles. The summed E-state index contributed by atoms with van der Waals surface area (Å²) >= 11 is 13.2. The van der Waals surface area contributed by atoms with E-state index >= 15 is 0 Å². The molecule has 198 valence electrons. The van der Waals surface area contributed by atoms with Crippen LogP contribution in [-0.4, -0.2) is 11.0 Å². The molecular formula is C33H24Cl2N2O3. The monoisotopic (exact) mass is 566 g/mol. The lowest BCUT2D eigenvalue weighted by Gasteiger charge is -2.32. The predicted molar refractivity (Wildman–Crippen MR) is 160 cm³/mol. The van der Waals surface area contributed by atoms with E-state index in [1.807, 2.05) is 42.5 Å². The van der Waals surface area contributed by atoms with E-state index in [-0.39, 0.29) is 17.5 Å². The van der Waals surface area contributed by atoms with Crippen LogP contribution in [0.25, 0.3) is 27.6 Å². The van der Waals surface area contributed by atoms with Gasteiger partial charge in [-0.05, 0) is 52.2 Å². The fraction of sp³-hybridized carbons (Fsp3) is 0.0606. The molecule has 5 nitrogen and oxygen atoms in total. The number of carbonyl (C=O) groups is 1. The van der Waals surface area contributed by atoms with Gasteiger partial charge in [0.05, 0.1) is 15.6 Å². The molecule has 0 aromatic heterocycles. The number of halogens is 2. The second kappa shape index (κ2) is 10.3. The summed E-state index contributed by atoms with van der Waals surface area (Å²) in [4.78, 5) is 12.2. The van der Waals surface area contributed by atoms with Crippen molar-refractivity contribution in [2.75, 3.05) is 0 Å². The van der Waals surface area contributed by atoms with Gasteiger partial charge < -0.3 is 15.2 Å². The average molecular weight is 567 g/mol. The maximum atomic E-state index is 12.2. The van der Waals surface area contributed by atoms with Crippen molar-refractivity contribution in [3.8, 4) is 16.9 Å². The van der Waals surface area contributed by atoms with Gasteiger partial charge >= 0.3 is 0 Å². The van der Waals surface area contributed by atoms with Gasteiger partial charge in [-0.1, -0.05) is 102 Å². The number of para-hydroxylation sites is 1. The molecule has 0 saturated heterocycles. The third-order valence-corrected chi connectivity index (χ3v) is 7.57. The molecule has 3 N–H and O–H groups in total. The number of hydrogen-bond donors (Lipinski definition) is 3. The van der Waals surface area contributed by atoms with E-state index in [0.29, 0.717) is 32.4 Å². The highest BCUT2D eigenvalue weighted by molar-refractivity contribution is 6.37. The Balaban J connectivity index is 1.48. The SMILES string of the molecule is CC(=O)NC1=C(c2c(Cl)cccc2Cl)NC(c2ccc(-c3ccc4ccccc4c3)cc2)(c2ccccc2O)O1. The van der Waals surface area contributed by atoms with Crippen molar-refractivity contribution < 1.29 is 14.6 Å². The Labute approximate surface area is 241 Å². The molecule has 1 atom stereocenters. The number of phenolic OH excluding ortho intramolecular Hbond substituents is 1. The van der Waals surface area contributed by atoms with Crippen LogP contribution in [0.4, 0.5) is 0 Å². The molecule has 40 heavy (non-hydrogen) atoms. The van der Waals surface area contributed by atoms with Crippen LogP contribution in [0.1, 0.15) is 23.6 Å². The molecule has 5 aromatic rings.